The Labute approximate surface area is 168 Å². The molecule has 0 aromatic heterocycles. The Morgan fingerprint density at radius 2 is 1.67 bits per heavy atom. The first kappa shape index (κ1) is 21.0. The Morgan fingerprint density at radius 1 is 1.04 bits per heavy atom. The fourth-order valence-corrected chi connectivity index (χ4v) is 2.97. The van der Waals surface area contributed by atoms with E-state index >= 15 is 0 Å². The predicted octanol–water partition coefficient (Wildman–Crippen LogP) is 5.33. The largest absolute Gasteiger partial charge is 0.483 e. The molecule has 27 heavy (non-hydrogen) atoms. The number of amides is 2. The minimum Gasteiger partial charge on any atom is -0.483 e. The lowest BCUT2D eigenvalue weighted by Gasteiger charge is -2.14. The average Bonchev–Trinajstić information content (AvgIpc) is 2.62. The number of hydrogen-bond donors (Lipinski definition) is 2. The first-order valence-electron chi connectivity index (χ1n) is 9.01. The Morgan fingerprint density at radius 3 is 2.22 bits per heavy atom. The van der Waals surface area contributed by atoms with E-state index in [1.807, 2.05) is 25.1 Å². The van der Waals surface area contributed by atoms with E-state index < -0.39 is 0 Å². The van der Waals surface area contributed by atoms with Crippen molar-refractivity contribution in [1.82, 2.24) is 0 Å². The standard InChI is InChI=1S/C21H25BrN2O3/c1-4-7-20(25)23-17-8-5-6-9-18(17)24-21(26)13-27-19-11-10-15(14(2)3)12-16(19)22/h5-6,8-12,14H,4,7,13H2,1-3H3,(H,23,25)(H,24,26). The zero-order valence-corrected chi connectivity index (χ0v) is 17.4. The molecule has 0 unspecified atom stereocenters. The number of carbonyl (C=O) groups excluding carboxylic acids is 2. The van der Waals surface area contributed by atoms with Gasteiger partial charge in [0.15, 0.2) is 6.61 Å². The second kappa shape index (κ2) is 10.1. The minimum atomic E-state index is -0.299. The van der Waals surface area contributed by atoms with Gasteiger partial charge in [-0.15, -0.1) is 0 Å². The second-order valence-corrected chi connectivity index (χ2v) is 7.38. The molecule has 6 heteroatoms. The van der Waals surface area contributed by atoms with Crippen molar-refractivity contribution in [1.29, 1.82) is 0 Å². The maximum atomic E-state index is 12.3. The highest BCUT2D eigenvalue weighted by Gasteiger charge is 2.11. The van der Waals surface area contributed by atoms with Gasteiger partial charge in [-0.2, -0.15) is 0 Å². The topological polar surface area (TPSA) is 67.4 Å². The Balaban J connectivity index is 1.97. The molecular formula is C21H25BrN2O3. The molecule has 5 nitrogen and oxygen atoms in total. The number of para-hydroxylation sites is 2. The summed E-state index contributed by atoms with van der Waals surface area (Å²) in [6, 6.07) is 12.9. The van der Waals surface area contributed by atoms with E-state index in [4.69, 9.17) is 4.74 Å². The molecular weight excluding hydrogens is 408 g/mol. The molecule has 0 spiro atoms. The summed E-state index contributed by atoms with van der Waals surface area (Å²) in [5.74, 6) is 0.647. The van der Waals surface area contributed by atoms with Gasteiger partial charge in [0.2, 0.25) is 5.91 Å². The molecule has 144 valence electrons. The highest BCUT2D eigenvalue weighted by Crippen LogP contribution is 2.29. The molecule has 0 fully saturated rings. The summed E-state index contributed by atoms with van der Waals surface area (Å²) in [5.41, 5.74) is 2.31. The first-order valence-corrected chi connectivity index (χ1v) is 9.81. The Hall–Kier alpha value is -2.34. The Bertz CT molecular complexity index is 806. The fraction of sp³-hybridized carbons (Fsp3) is 0.333. The first-order chi connectivity index (χ1) is 12.9. The zero-order chi connectivity index (χ0) is 19.8. The molecule has 2 rings (SSSR count). The molecule has 2 aromatic carbocycles. The molecule has 0 aliphatic carbocycles. The average molecular weight is 433 g/mol. The minimum absolute atomic E-state index is 0.0791. The van der Waals surface area contributed by atoms with Crippen molar-refractivity contribution in [3.05, 3.63) is 52.5 Å². The van der Waals surface area contributed by atoms with Crippen molar-refractivity contribution in [2.75, 3.05) is 17.2 Å². The van der Waals surface area contributed by atoms with Crippen LogP contribution < -0.4 is 15.4 Å². The zero-order valence-electron chi connectivity index (χ0n) is 15.8. The van der Waals surface area contributed by atoms with Crippen LogP contribution >= 0.6 is 15.9 Å². The van der Waals surface area contributed by atoms with Crippen molar-refractivity contribution >= 4 is 39.1 Å². The summed E-state index contributed by atoms with van der Waals surface area (Å²) in [6.45, 7) is 6.05. The summed E-state index contributed by atoms with van der Waals surface area (Å²) < 4.78 is 6.43. The van der Waals surface area contributed by atoms with Gasteiger partial charge in [-0.3, -0.25) is 9.59 Å². The lowest BCUT2D eigenvalue weighted by molar-refractivity contribution is -0.118. The maximum absolute atomic E-state index is 12.3. The molecule has 0 heterocycles. The molecule has 2 N–H and O–H groups in total. The number of hydrogen-bond acceptors (Lipinski definition) is 3. The molecule has 0 radical (unpaired) electrons. The van der Waals surface area contributed by atoms with E-state index in [2.05, 4.69) is 40.4 Å². The van der Waals surface area contributed by atoms with Gasteiger partial charge in [0.1, 0.15) is 5.75 Å². The summed E-state index contributed by atoms with van der Waals surface area (Å²) in [7, 11) is 0. The molecule has 0 saturated heterocycles. The molecule has 0 aliphatic rings. The second-order valence-electron chi connectivity index (χ2n) is 6.53. The van der Waals surface area contributed by atoms with E-state index in [1.54, 1.807) is 24.3 Å². The lowest BCUT2D eigenvalue weighted by Crippen LogP contribution is -2.21. The van der Waals surface area contributed by atoms with Crippen molar-refractivity contribution in [3.8, 4) is 5.75 Å². The number of halogens is 1. The van der Waals surface area contributed by atoms with E-state index in [0.717, 1.165) is 10.9 Å². The molecule has 0 atom stereocenters. The predicted molar refractivity (Wildman–Crippen MR) is 112 cm³/mol. The fourth-order valence-electron chi connectivity index (χ4n) is 2.46. The van der Waals surface area contributed by atoms with Gasteiger partial charge in [0.05, 0.1) is 15.8 Å². The van der Waals surface area contributed by atoms with Gasteiger partial charge in [0.25, 0.3) is 5.91 Å². The normalized spacial score (nSPS) is 10.6. The summed E-state index contributed by atoms with van der Waals surface area (Å²) in [5, 5.41) is 5.60. The van der Waals surface area contributed by atoms with Crippen LogP contribution in [0.4, 0.5) is 11.4 Å². The van der Waals surface area contributed by atoms with Crippen LogP contribution in [0.5, 0.6) is 5.75 Å². The van der Waals surface area contributed by atoms with Crippen LogP contribution in [-0.4, -0.2) is 18.4 Å². The summed E-state index contributed by atoms with van der Waals surface area (Å²) in [6.07, 6.45) is 1.20. The van der Waals surface area contributed by atoms with E-state index in [9.17, 15) is 9.59 Å². The maximum Gasteiger partial charge on any atom is 0.262 e. The molecule has 0 saturated carbocycles. The van der Waals surface area contributed by atoms with Gasteiger partial charge in [-0.05, 0) is 58.1 Å². The molecule has 2 aromatic rings. The number of anilines is 2. The van der Waals surface area contributed by atoms with Crippen molar-refractivity contribution < 1.29 is 14.3 Å². The van der Waals surface area contributed by atoms with E-state index in [0.29, 0.717) is 29.5 Å². The van der Waals surface area contributed by atoms with Gasteiger partial charge in [0, 0.05) is 6.42 Å². The van der Waals surface area contributed by atoms with Crippen LogP contribution in [0.3, 0.4) is 0 Å². The quantitative estimate of drug-likeness (QED) is 0.592. The van der Waals surface area contributed by atoms with Crippen LogP contribution in [0.1, 0.15) is 45.1 Å². The number of nitrogens with one attached hydrogen (secondary N) is 2. The summed E-state index contributed by atoms with van der Waals surface area (Å²) >= 11 is 3.48. The van der Waals surface area contributed by atoms with Crippen molar-refractivity contribution in [2.45, 2.75) is 39.5 Å². The van der Waals surface area contributed by atoms with Crippen LogP contribution in [0, 0.1) is 0 Å². The van der Waals surface area contributed by atoms with Crippen LogP contribution in [-0.2, 0) is 9.59 Å². The number of carbonyl (C=O) groups is 2. The smallest absolute Gasteiger partial charge is 0.262 e. The number of rotatable bonds is 8. The third kappa shape index (κ3) is 6.40. The SMILES string of the molecule is CCCC(=O)Nc1ccccc1NC(=O)COc1ccc(C(C)C)cc1Br. The van der Waals surface area contributed by atoms with Crippen LogP contribution in [0.25, 0.3) is 0 Å². The highest BCUT2D eigenvalue weighted by molar-refractivity contribution is 9.10. The van der Waals surface area contributed by atoms with Crippen molar-refractivity contribution in [2.24, 2.45) is 0 Å². The molecule has 0 bridgehead atoms. The van der Waals surface area contributed by atoms with Gasteiger partial charge < -0.3 is 15.4 Å². The monoisotopic (exact) mass is 432 g/mol. The summed E-state index contributed by atoms with van der Waals surface area (Å²) in [4.78, 5) is 24.1. The van der Waals surface area contributed by atoms with E-state index in [-0.39, 0.29) is 18.4 Å². The third-order valence-corrected chi connectivity index (χ3v) is 4.55. The van der Waals surface area contributed by atoms with Gasteiger partial charge in [-0.25, -0.2) is 0 Å². The molecule has 2 amide bonds. The van der Waals surface area contributed by atoms with E-state index in [1.165, 1.54) is 5.56 Å². The third-order valence-electron chi connectivity index (χ3n) is 3.93. The highest BCUT2D eigenvalue weighted by atomic mass is 79.9. The van der Waals surface area contributed by atoms with Gasteiger partial charge >= 0.3 is 0 Å². The molecule has 0 aliphatic heterocycles. The number of benzene rings is 2. The van der Waals surface area contributed by atoms with Gasteiger partial charge in [-0.1, -0.05) is 39.0 Å². The Kier molecular flexibility index (Phi) is 7.85. The van der Waals surface area contributed by atoms with Crippen molar-refractivity contribution in [3.63, 3.8) is 0 Å². The van der Waals surface area contributed by atoms with Crippen LogP contribution in [0.2, 0.25) is 0 Å². The van der Waals surface area contributed by atoms with Crippen LogP contribution in [0.15, 0.2) is 46.9 Å². The number of ether oxygens (including phenoxy) is 1. The lowest BCUT2D eigenvalue weighted by atomic mass is 10.0.